The van der Waals surface area contributed by atoms with Crippen molar-refractivity contribution in [1.82, 2.24) is 9.55 Å². The summed E-state index contributed by atoms with van der Waals surface area (Å²) < 4.78 is 28.4. The fourth-order valence-corrected chi connectivity index (χ4v) is 3.89. The van der Waals surface area contributed by atoms with Crippen LogP contribution in [-0.4, -0.2) is 28.2 Å². The average Bonchev–Trinajstić information content (AvgIpc) is 3.18. The number of carbonyl (C=O) groups is 1. The molecule has 156 valence electrons. The molecule has 1 aliphatic heterocycles. The van der Waals surface area contributed by atoms with Crippen LogP contribution in [0.15, 0.2) is 60.9 Å². The summed E-state index contributed by atoms with van der Waals surface area (Å²) in [4.78, 5) is 16.2. The first-order chi connectivity index (χ1) is 14.5. The molecule has 1 amide bonds. The second-order valence-corrected chi connectivity index (χ2v) is 7.41. The largest absolute Gasteiger partial charge is 0.371 e. The highest BCUT2D eigenvalue weighted by molar-refractivity contribution is 5.77. The number of nitrogens with zero attached hydrogens (tertiary/aromatic N) is 2. The number of hydrogen-bond donors (Lipinski definition) is 1. The van der Waals surface area contributed by atoms with Crippen LogP contribution in [0.1, 0.15) is 29.5 Å². The number of halogens is 1. The molecule has 2 heterocycles. The molecule has 2 N–H and O–H groups in total. The number of nitrogens with two attached hydrogens (primary N) is 1. The zero-order valence-corrected chi connectivity index (χ0v) is 16.7. The molecule has 2 aromatic carbocycles. The van der Waals surface area contributed by atoms with Gasteiger partial charge in [-0.3, -0.25) is 4.79 Å². The first-order valence-electron chi connectivity index (χ1n) is 9.91. The Hall–Kier alpha value is -3.03. The van der Waals surface area contributed by atoms with Gasteiger partial charge in [0.25, 0.3) is 0 Å². The predicted molar refractivity (Wildman–Crippen MR) is 109 cm³/mol. The Morgan fingerprint density at radius 1 is 1.30 bits per heavy atom. The summed E-state index contributed by atoms with van der Waals surface area (Å²) in [6.45, 7) is 2.38. The molecule has 1 aromatic heterocycles. The van der Waals surface area contributed by atoms with Gasteiger partial charge in [-0.15, -0.1) is 0 Å². The van der Waals surface area contributed by atoms with E-state index in [1.807, 2.05) is 37.3 Å². The summed E-state index contributed by atoms with van der Waals surface area (Å²) in [5.74, 6) is -0.557. The van der Waals surface area contributed by atoms with Crippen LogP contribution >= 0.6 is 0 Å². The fraction of sp³-hybridized carbons (Fsp3) is 0.304. The highest BCUT2D eigenvalue weighted by Crippen LogP contribution is 2.35. The van der Waals surface area contributed by atoms with Gasteiger partial charge in [-0.25, -0.2) is 9.37 Å². The number of imidazole rings is 1. The van der Waals surface area contributed by atoms with E-state index in [0.717, 1.165) is 5.56 Å². The molecule has 3 aromatic rings. The predicted octanol–water partition coefficient (Wildman–Crippen LogP) is 3.47. The Morgan fingerprint density at radius 3 is 2.77 bits per heavy atom. The number of aromatic nitrogens is 2. The molecule has 1 saturated heterocycles. The quantitative estimate of drug-likeness (QED) is 0.676. The minimum Gasteiger partial charge on any atom is -0.371 e. The van der Waals surface area contributed by atoms with E-state index in [2.05, 4.69) is 4.98 Å². The molecule has 3 atom stereocenters. The number of amides is 1. The lowest BCUT2D eigenvalue weighted by Gasteiger charge is -2.36. The molecule has 6 nitrogen and oxygen atoms in total. The lowest BCUT2D eigenvalue weighted by atomic mass is 9.88. The maximum Gasteiger partial charge on any atom is 0.223 e. The Bertz CT molecular complexity index is 1020. The zero-order chi connectivity index (χ0) is 21.1. The van der Waals surface area contributed by atoms with Crippen molar-refractivity contribution in [1.29, 1.82) is 0 Å². The van der Waals surface area contributed by atoms with E-state index >= 15 is 0 Å². The van der Waals surface area contributed by atoms with Crippen molar-refractivity contribution < 1.29 is 18.7 Å². The Kier molecular flexibility index (Phi) is 5.92. The van der Waals surface area contributed by atoms with E-state index in [-0.39, 0.29) is 12.4 Å². The molecule has 0 saturated carbocycles. The number of hydrogen-bond acceptors (Lipinski definition) is 4. The van der Waals surface area contributed by atoms with Gasteiger partial charge in [0, 0.05) is 19.0 Å². The Balaban J connectivity index is 1.54. The van der Waals surface area contributed by atoms with Crippen LogP contribution in [0.5, 0.6) is 0 Å². The molecular weight excluding hydrogens is 385 g/mol. The maximum atomic E-state index is 14.7. The second kappa shape index (κ2) is 8.77. The molecule has 4 rings (SSSR count). The van der Waals surface area contributed by atoms with Crippen molar-refractivity contribution >= 4 is 5.91 Å². The van der Waals surface area contributed by atoms with Gasteiger partial charge in [0.2, 0.25) is 5.91 Å². The van der Waals surface area contributed by atoms with Gasteiger partial charge in [-0.2, -0.15) is 0 Å². The van der Waals surface area contributed by atoms with Crippen molar-refractivity contribution in [3.8, 4) is 5.69 Å². The van der Waals surface area contributed by atoms with Gasteiger partial charge in [0.15, 0.2) is 0 Å². The maximum absolute atomic E-state index is 14.7. The van der Waals surface area contributed by atoms with E-state index in [9.17, 15) is 9.18 Å². The van der Waals surface area contributed by atoms with Crippen LogP contribution in [0, 0.1) is 18.7 Å². The molecule has 30 heavy (non-hydrogen) atoms. The van der Waals surface area contributed by atoms with E-state index in [1.165, 1.54) is 6.07 Å². The van der Waals surface area contributed by atoms with Crippen LogP contribution in [0.4, 0.5) is 4.39 Å². The van der Waals surface area contributed by atoms with Crippen LogP contribution in [0.25, 0.3) is 5.69 Å². The minimum atomic E-state index is -0.544. The second-order valence-electron chi connectivity index (χ2n) is 7.41. The third-order valence-electron chi connectivity index (χ3n) is 5.45. The summed E-state index contributed by atoms with van der Waals surface area (Å²) in [6, 6.07) is 14.6. The molecule has 7 heteroatoms. The molecule has 3 unspecified atom stereocenters. The monoisotopic (exact) mass is 409 g/mol. The highest BCUT2D eigenvalue weighted by Gasteiger charge is 2.39. The lowest BCUT2D eigenvalue weighted by molar-refractivity contribution is -0.158. The van der Waals surface area contributed by atoms with Crippen LogP contribution in [0.3, 0.4) is 0 Å². The van der Waals surface area contributed by atoms with Crippen molar-refractivity contribution in [3.05, 3.63) is 83.7 Å². The first kappa shape index (κ1) is 20.3. The zero-order valence-electron chi connectivity index (χ0n) is 16.7. The van der Waals surface area contributed by atoms with E-state index in [1.54, 1.807) is 29.1 Å². The normalized spacial score (nSPS) is 21.5. The number of benzene rings is 2. The topological polar surface area (TPSA) is 79.4 Å². The highest BCUT2D eigenvalue weighted by atomic mass is 19.1. The number of carbonyl (C=O) groups excluding carboxylic acids is 1. The summed E-state index contributed by atoms with van der Waals surface area (Å²) >= 11 is 0. The molecule has 0 bridgehead atoms. The summed E-state index contributed by atoms with van der Waals surface area (Å²) in [5.41, 5.74) is 7.64. The number of primary amides is 1. The molecule has 1 fully saturated rings. The number of rotatable bonds is 6. The van der Waals surface area contributed by atoms with Gasteiger partial charge < -0.3 is 19.8 Å². The standard InChI is InChI=1S/C23H24FN3O3/c1-15-26-10-11-27(15)20-8-7-16(13-19(20)24)14-30-22-18(23(25)28)9-12-29-21(22)17-5-3-2-4-6-17/h2-8,10-11,13,18,21-22H,9,12,14H2,1H3,(H2,25,28). The summed E-state index contributed by atoms with van der Waals surface area (Å²) in [5, 5.41) is 0. The summed E-state index contributed by atoms with van der Waals surface area (Å²) in [6.07, 6.45) is 2.89. The molecule has 0 aliphatic carbocycles. The minimum absolute atomic E-state index is 0.140. The van der Waals surface area contributed by atoms with E-state index in [4.69, 9.17) is 15.2 Å². The fourth-order valence-electron chi connectivity index (χ4n) is 3.89. The van der Waals surface area contributed by atoms with Crippen molar-refractivity contribution in [2.45, 2.75) is 32.2 Å². The van der Waals surface area contributed by atoms with Gasteiger partial charge >= 0.3 is 0 Å². The number of aryl methyl sites for hydroxylation is 1. The van der Waals surface area contributed by atoms with Gasteiger partial charge in [-0.05, 0) is 36.6 Å². The smallest absolute Gasteiger partial charge is 0.223 e. The SMILES string of the molecule is Cc1nccn1-c1ccc(COC2C(C(N)=O)CCOC2c2ccccc2)cc1F. The molecular formula is C23H24FN3O3. The Labute approximate surface area is 174 Å². The third-order valence-corrected chi connectivity index (χ3v) is 5.45. The molecule has 0 spiro atoms. The van der Waals surface area contributed by atoms with E-state index < -0.39 is 24.0 Å². The van der Waals surface area contributed by atoms with Crippen molar-refractivity contribution in [2.75, 3.05) is 6.61 Å². The summed E-state index contributed by atoms with van der Waals surface area (Å²) in [7, 11) is 0. The Morgan fingerprint density at radius 2 is 2.10 bits per heavy atom. The van der Waals surface area contributed by atoms with Gasteiger partial charge in [0.05, 0.1) is 24.3 Å². The number of ether oxygens (including phenoxy) is 2. The molecule has 0 radical (unpaired) electrons. The van der Waals surface area contributed by atoms with Crippen LogP contribution in [-0.2, 0) is 20.9 Å². The third kappa shape index (κ3) is 4.13. The van der Waals surface area contributed by atoms with Crippen molar-refractivity contribution in [2.24, 2.45) is 11.7 Å². The van der Waals surface area contributed by atoms with Gasteiger partial charge in [0.1, 0.15) is 17.7 Å². The van der Waals surface area contributed by atoms with E-state index in [0.29, 0.717) is 30.1 Å². The van der Waals surface area contributed by atoms with Crippen LogP contribution in [0.2, 0.25) is 0 Å². The van der Waals surface area contributed by atoms with Gasteiger partial charge in [-0.1, -0.05) is 36.4 Å². The average molecular weight is 409 g/mol. The molecule has 1 aliphatic rings. The first-order valence-corrected chi connectivity index (χ1v) is 9.91. The van der Waals surface area contributed by atoms with Crippen molar-refractivity contribution in [3.63, 3.8) is 0 Å². The van der Waals surface area contributed by atoms with Crippen LogP contribution < -0.4 is 5.73 Å². The lowest BCUT2D eigenvalue weighted by Crippen LogP contribution is -2.44.